The molecule has 2 saturated carbocycles. The zero-order valence-electron chi connectivity index (χ0n) is 15.2. The summed E-state index contributed by atoms with van der Waals surface area (Å²) in [6, 6.07) is 10.3. The second-order valence-electron chi connectivity index (χ2n) is 7.42. The molecule has 2 aromatic rings. The van der Waals surface area contributed by atoms with E-state index in [0.717, 1.165) is 29.8 Å². The van der Waals surface area contributed by atoms with E-state index in [1.165, 1.54) is 35.8 Å². The molecule has 2 aliphatic carbocycles. The van der Waals surface area contributed by atoms with E-state index in [-0.39, 0.29) is 24.0 Å². The lowest BCUT2D eigenvalue weighted by Crippen LogP contribution is -2.39. The number of hydrogen-bond acceptors (Lipinski definition) is 3. The molecule has 0 bridgehead atoms. The predicted octanol–water partition coefficient (Wildman–Crippen LogP) is 4.30. The fourth-order valence-corrected chi connectivity index (χ4v) is 4.64. The van der Waals surface area contributed by atoms with Crippen molar-refractivity contribution in [1.82, 2.24) is 10.6 Å². The van der Waals surface area contributed by atoms with E-state index in [4.69, 9.17) is 4.99 Å². The minimum atomic E-state index is -0.514. The Morgan fingerprint density at radius 1 is 1.31 bits per heavy atom. The van der Waals surface area contributed by atoms with Crippen molar-refractivity contribution in [3.63, 3.8) is 0 Å². The third kappa shape index (κ3) is 4.51. The topological polar surface area (TPSA) is 56.7 Å². The molecule has 0 amide bonds. The minimum Gasteiger partial charge on any atom is -0.386 e. The van der Waals surface area contributed by atoms with Gasteiger partial charge >= 0.3 is 0 Å². The minimum absolute atomic E-state index is 0. The SMILES string of the molecule is CCNC(=NCC1(C2CC2)CC1)NCC(O)c1cc2ccccc2s1.I. The summed E-state index contributed by atoms with van der Waals surface area (Å²) < 4.78 is 1.22. The van der Waals surface area contributed by atoms with Crippen molar-refractivity contribution >= 4 is 51.4 Å². The predicted molar refractivity (Wildman–Crippen MR) is 121 cm³/mol. The average molecular weight is 485 g/mol. The number of guanidine groups is 1. The first-order chi connectivity index (χ1) is 12.2. The summed E-state index contributed by atoms with van der Waals surface area (Å²) in [5.41, 5.74) is 0.506. The van der Waals surface area contributed by atoms with Gasteiger partial charge < -0.3 is 15.7 Å². The van der Waals surface area contributed by atoms with Crippen molar-refractivity contribution < 1.29 is 5.11 Å². The molecule has 0 saturated heterocycles. The number of hydrogen-bond donors (Lipinski definition) is 3. The third-order valence-electron chi connectivity index (χ3n) is 5.47. The number of aliphatic imine (C=N–C) groups is 1. The standard InChI is InChI=1S/C20H27N3OS.HI/c1-2-21-19(23-13-20(9-10-20)15-7-8-15)22-12-16(24)18-11-14-5-3-4-6-17(14)25-18;/h3-6,11,15-16,24H,2,7-10,12-13H2,1H3,(H2,21,22,23);1H. The number of halogens is 1. The maximum atomic E-state index is 10.5. The highest BCUT2D eigenvalue weighted by Crippen LogP contribution is 2.61. The van der Waals surface area contributed by atoms with Gasteiger partial charge in [-0.15, -0.1) is 35.3 Å². The van der Waals surface area contributed by atoms with Crippen molar-refractivity contribution in [3.8, 4) is 0 Å². The Morgan fingerprint density at radius 3 is 2.73 bits per heavy atom. The number of rotatable bonds is 7. The molecule has 1 heterocycles. The van der Waals surface area contributed by atoms with Crippen LogP contribution in [-0.4, -0.2) is 30.7 Å². The number of nitrogens with zero attached hydrogens (tertiary/aromatic N) is 1. The zero-order valence-corrected chi connectivity index (χ0v) is 18.3. The molecular weight excluding hydrogens is 457 g/mol. The van der Waals surface area contributed by atoms with Gasteiger partial charge in [-0.25, -0.2) is 0 Å². The first-order valence-electron chi connectivity index (χ1n) is 9.39. The summed E-state index contributed by atoms with van der Waals surface area (Å²) in [7, 11) is 0. The molecule has 6 heteroatoms. The summed E-state index contributed by atoms with van der Waals surface area (Å²) in [5.74, 6) is 1.75. The lowest BCUT2D eigenvalue weighted by Gasteiger charge is -2.16. The van der Waals surface area contributed by atoms with Crippen molar-refractivity contribution in [1.29, 1.82) is 0 Å². The number of benzene rings is 1. The summed E-state index contributed by atoms with van der Waals surface area (Å²) in [6.45, 7) is 4.32. The second-order valence-corrected chi connectivity index (χ2v) is 8.53. The first-order valence-corrected chi connectivity index (χ1v) is 10.2. The van der Waals surface area contributed by atoms with Crippen LogP contribution in [0.5, 0.6) is 0 Å². The molecule has 2 aliphatic rings. The molecule has 1 aromatic carbocycles. The third-order valence-corrected chi connectivity index (χ3v) is 6.69. The summed E-state index contributed by atoms with van der Waals surface area (Å²) in [6.07, 6.45) is 4.95. The van der Waals surface area contributed by atoms with Crippen LogP contribution in [0.1, 0.15) is 43.6 Å². The van der Waals surface area contributed by atoms with Crippen LogP contribution in [0.15, 0.2) is 35.3 Å². The van der Waals surface area contributed by atoms with E-state index >= 15 is 0 Å². The number of nitrogens with one attached hydrogen (secondary N) is 2. The van der Waals surface area contributed by atoms with Gasteiger partial charge in [0.25, 0.3) is 0 Å². The lowest BCUT2D eigenvalue weighted by molar-refractivity contribution is 0.184. The molecule has 0 aliphatic heterocycles. The number of fused-ring (bicyclic) bond motifs is 1. The Kier molecular flexibility index (Phi) is 6.45. The van der Waals surface area contributed by atoms with Crippen LogP contribution in [0, 0.1) is 11.3 Å². The molecule has 26 heavy (non-hydrogen) atoms. The maximum absolute atomic E-state index is 10.5. The maximum Gasteiger partial charge on any atom is 0.191 e. The Bertz CT molecular complexity index is 734. The Balaban J connectivity index is 0.00000196. The molecule has 4 rings (SSSR count). The fraction of sp³-hybridized carbons (Fsp3) is 0.550. The molecule has 2 fully saturated rings. The molecule has 1 aromatic heterocycles. The number of aliphatic hydroxyl groups excluding tert-OH is 1. The highest BCUT2D eigenvalue weighted by atomic mass is 127. The normalized spacial score (nSPS) is 19.7. The van der Waals surface area contributed by atoms with Gasteiger partial charge in [0.15, 0.2) is 5.96 Å². The van der Waals surface area contributed by atoms with E-state index in [1.54, 1.807) is 11.3 Å². The van der Waals surface area contributed by atoms with Crippen LogP contribution in [0.25, 0.3) is 10.1 Å². The summed E-state index contributed by atoms with van der Waals surface area (Å²) in [4.78, 5) is 5.81. The van der Waals surface area contributed by atoms with Gasteiger partial charge in [-0.1, -0.05) is 18.2 Å². The molecule has 1 atom stereocenters. The Morgan fingerprint density at radius 2 is 2.08 bits per heavy atom. The van der Waals surface area contributed by atoms with E-state index in [0.29, 0.717) is 12.0 Å². The molecule has 0 radical (unpaired) electrons. The highest BCUT2D eigenvalue weighted by molar-refractivity contribution is 14.0. The molecule has 0 spiro atoms. The molecular formula is C20H28IN3OS. The Labute approximate surface area is 176 Å². The fourth-order valence-electron chi connectivity index (χ4n) is 3.59. The summed E-state index contributed by atoms with van der Waals surface area (Å²) in [5, 5.41) is 18.4. The van der Waals surface area contributed by atoms with Crippen LogP contribution in [-0.2, 0) is 0 Å². The van der Waals surface area contributed by atoms with Gasteiger partial charge in [0.1, 0.15) is 6.10 Å². The van der Waals surface area contributed by atoms with Crippen LogP contribution >= 0.6 is 35.3 Å². The summed E-state index contributed by atoms with van der Waals surface area (Å²) >= 11 is 1.66. The van der Waals surface area contributed by atoms with Gasteiger partial charge in [0.05, 0.1) is 0 Å². The van der Waals surface area contributed by atoms with Crippen molar-refractivity contribution in [2.45, 2.75) is 38.7 Å². The first kappa shape index (κ1) is 19.9. The van der Waals surface area contributed by atoms with Crippen LogP contribution in [0.3, 0.4) is 0 Å². The van der Waals surface area contributed by atoms with Crippen LogP contribution in [0.2, 0.25) is 0 Å². The van der Waals surface area contributed by atoms with Gasteiger partial charge in [-0.2, -0.15) is 0 Å². The largest absolute Gasteiger partial charge is 0.386 e. The van der Waals surface area contributed by atoms with Crippen LogP contribution in [0.4, 0.5) is 0 Å². The van der Waals surface area contributed by atoms with E-state index < -0.39 is 6.10 Å². The molecule has 3 N–H and O–H groups in total. The van der Waals surface area contributed by atoms with Gasteiger partial charge in [0.2, 0.25) is 0 Å². The molecule has 1 unspecified atom stereocenters. The van der Waals surface area contributed by atoms with Crippen molar-refractivity contribution in [3.05, 3.63) is 35.2 Å². The van der Waals surface area contributed by atoms with Gasteiger partial charge in [-0.3, -0.25) is 4.99 Å². The van der Waals surface area contributed by atoms with Crippen LogP contribution < -0.4 is 10.6 Å². The van der Waals surface area contributed by atoms with E-state index in [1.807, 2.05) is 12.1 Å². The molecule has 142 valence electrons. The van der Waals surface area contributed by atoms with E-state index in [9.17, 15) is 5.11 Å². The molecule has 4 nitrogen and oxygen atoms in total. The smallest absolute Gasteiger partial charge is 0.191 e. The zero-order chi connectivity index (χ0) is 17.3. The lowest BCUT2D eigenvalue weighted by atomic mass is 10.0. The number of aliphatic hydroxyl groups is 1. The Hall–Kier alpha value is -0.860. The van der Waals surface area contributed by atoms with Gasteiger partial charge in [0, 0.05) is 29.2 Å². The monoisotopic (exact) mass is 485 g/mol. The second kappa shape index (κ2) is 8.44. The van der Waals surface area contributed by atoms with Crippen molar-refractivity contribution in [2.75, 3.05) is 19.6 Å². The average Bonchev–Trinajstić information content (AvgIpc) is 3.53. The quantitative estimate of drug-likeness (QED) is 0.312. The highest BCUT2D eigenvalue weighted by Gasteiger charge is 2.53. The number of thiophene rings is 1. The van der Waals surface area contributed by atoms with Crippen molar-refractivity contribution in [2.24, 2.45) is 16.3 Å². The van der Waals surface area contributed by atoms with E-state index in [2.05, 4.69) is 35.8 Å². The van der Waals surface area contributed by atoms with Gasteiger partial charge in [-0.05, 0) is 61.5 Å².